The van der Waals surface area contributed by atoms with Gasteiger partial charge >= 0.3 is 6.08 Å². The second-order valence-corrected chi connectivity index (χ2v) is 0.632. The topological polar surface area (TPSA) is 31.0 Å². The standard InChI is InChI=1S/C3H5NO.ClH/c1-2-4-3-5;/h2H2,1H3;1H. The average Bonchev–Trinajstić information content (AvgIpc) is 1.41. The highest BCUT2D eigenvalue weighted by molar-refractivity contribution is 5.22. The van der Waals surface area contributed by atoms with Crippen LogP contribution in [0.1, 0.15) is 6.92 Å². The van der Waals surface area contributed by atoms with Crippen LogP contribution in [0.3, 0.4) is 0 Å². The summed E-state index contributed by atoms with van der Waals surface area (Å²) in [5.74, 6) is 0. The Hall–Kier alpha value is -0.330. The van der Waals surface area contributed by atoms with E-state index < -0.39 is 0 Å². The second kappa shape index (κ2) is 8.82. The van der Waals surface area contributed by atoms with E-state index in [0.717, 1.165) is 0 Å². The van der Waals surface area contributed by atoms with Gasteiger partial charge in [0.2, 0.25) is 0 Å². The van der Waals surface area contributed by atoms with E-state index in [-0.39, 0.29) is 12.4 Å². The van der Waals surface area contributed by atoms with E-state index in [0.29, 0.717) is 6.54 Å². The van der Waals surface area contributed by atoms with Gasteiger partial charge in [0, 0.05) is 0 Å². The van der Waals surface area contributed by atoms with Gasteiger partial charge < -0.3 is 12.4 Å². The zero-order valence-electron chi connectivity index (χ0n) is 3.49. The summed E-state index contributed by atoms with van der Waals surface area (Å²) in [6.45, 7) is 2.51. The molecule has 0 bridgehead atoms. The van der Waals surface area contributed by atoms with Crippen molar-refractivity contribution in [2.75, 3.05) is 6.54 Å². The molecule has 0 aromatic carbocycles. The first kappa shape index (κ1) is 9.18. The zero-order chi connectivity index (χ0) is 4.12. The fourth-order valence-corrected chi connectivity index (χ4v) is 0.0722. The maximum Gasteiger partial charge on any atom is 0.422 e. The van der Waals surface area contributed by atoms with Crippen LogP contribution in [0.2, 0.25) is 0 Å². The Labute approximate surface area is 42.7 Å². The lowest BCUT2D eigenvalue weighted by atomic mass is 10.8. The van der Waals surface area contributed by atoms with Gasteiger partial charge in [0.1, 0.15) is 6.54 Å². The van der Waals surface area contributed by atoms with Gasteiger partial charge in [0.15, 0.2) is 0 Å². The SMILES string of the molecule is CC[NH+]=C=O.[Cl-]. The molecule has 36 valence electrons. The first-order valence-electron chi connectivity index (χ1n) is 1.51. The van der Waals surface area contributed by atoms with E-state index in [1.807, 2.05) is 6.92 Å². The van der Waals surface area contributed by atoms with Gasteiger partial charge in [-0.1, -0.05) is 0 Å². The Morgan fingerprint density at radius 1 is 1.83 bits per heavy atom. The Bertz CT molecular complexity index is 57.8. The van der Waals surface area contributed by atoms with Crippen LogP contribution in [0.15, 0.2) is 0 Å². The van der Waals surface area contributed by atoms with Gasteiger partial charge in [0.25, 0.3) is 0 Å². The van der Waals surface area contributed by atoms with E-state index in [1.54, 1.807) is 0 Å². The Morgan fingerprint density at radius 2 is 2.33 bits per heavy atom. The normalized spacial score (nSPS) is 4.83. The van der Waals surface area contributed by atoms with Gasteiger partial charge in [-0.25, -0.2) is 0 Å². The molecule has 0 rings (SSSR count). The molecule has 0 unspecified atom stereocenters. The van der Waals surface area contributed by atoms with Crippen LogP contribution in [0.5, 0.6) is 0 Å². The Morgan fingerprint density at radius 3 is 2.33 bits per heavy atom. The molecular weight excluding hydrogens is 101 g/mol. The van der Waals surface area contributed by atoms with Crippen LogP contribution in [0.25, 0.3) is 0 Å². The first-order valence-corrected chi connectivity index (χ1v) is 1.51. The predicted molar refractivity (Wildman–Crippen MR) is 17.2 cm³/mol. The van der Waals surface area contributed by atoms with E-state index in [9.17, 15) is 0 Å². The lowest BCUT2D eigenvalue weighted by Crippen LogP contribution is -3.00. The van der Waals surface area contributed by atoms with Crippen molar-refractivity contribution in [2.24, 2.45) is 0 Å². The van der Waals surface area contributed by atoms with Crippen LogP contribution >= 0.6 is 0 Å². The number of rotatable bonds is 1. The van der Waals surface area contributed by atoms with E-state index in [2.05, 4.69) is 4.99 Å². The fraction of sp³-hybridized carbons (Fsp3) is 0.667. The molecule has 6 heavy (non-hydrogen) atoms. The summed E-state index contributed by atoms with van der Waals surface area (Å²) in [7, 11) is 0. The van der Waals surface area contributed by atoms with Gasteiger partial charge in [0.05, 0.1) is 0 Å². The summed E-state index contributed by atoms with van der Waals surface area (Å²) in [6.07, 6.45) is 1.52. The highest BCUT2D eigenvalue weighted by Crippen LogP contribution is 1.16. The van der Waals surface area contributed by atoms with E-state index >= 15 is 0 Å². The molecule has 0 saturated heterocycles. The molecule has 0 aromatic rings. The molecule has 0 amide bonds. The van der Waals surface area contributed by atoms with Crippen LogP contribution in [-0.4, -0.2) is 12.6 Å². The van der Waals surface area contributed by atoms with Gasteiger partial charge in [-0.05, 0) is 6.92 Å². The lowest BCUT2D eigenvalue weighted by molar-refractivity contribution is -0.449. The molecule has 0 radical (unpaired) electrons. The number of isocyanates is 1. The summed E-state index contributed by atoms with van der Waals surface area (Å²) in [5.41, 5.74) is 0. The number of halogens is 1. The van der Waals surface area contributed by atoms with Gasteiger partial charge in [-0.3, -0.25) is 0 Å². The molecule has 2 nitrogen and oxygen atoms in total. The minimum absolute atomic E-state index is 0. The third-order valence-electron chi connectivity index (χ3n) is 0.249. The largest absolute Gasteiger partial charge is 1.00 e. The van der Waals surface area contributed by atoms with Gasteiger partial charge in [-0.2, -0.15) is 9.79 Å². The minimum atomic E-state index is 0. The maximum atomic E-state index is 9.17. The molecule has 0 saturated carbocycles. The summed E-state index contributed by atoms with van der Waals surface area (Å²) in [4.78, 5) is 11.5. The highest BCUT2D eigenvalue weighted by Gasteiger charge is 1.60. The summed E-state index contributed by atoms with van der Waals surface area (Å²) < 4.78 is 0. The molecule has 0 aliphatic rings. The molecule has 0 heterocycles. The molecule has 0 spiro atoms. The summed E-state index contributed by atoms with van der Waals surface area (Å²) in [5, 5.41) is 0. The molecule has 0 fully saturated rings. The second-order valence-electron chi connectivity index (χ2n) is 0.632. The molecule has 0 aliphatic heterocycles. The first-order chi connectivity index (χ1) is 2.41. The number of hydrogen-bond donors (Lipinski definition) is 1. The molecule has 0 aromatic heterocycles. The van der Waals surface area contributed by atoms with Crippen LogP contribution in [0, 0.1) is 0 Å². The molecule has 1 N–H and O–H groups in total. The quantitative estimate of drug-likeness (QED) is 0.266. The fourth-order valence-electron chi connectivity index (χ4n) is 0.0722. The smallest absolute Gasteiger partial charge is 0.422 e. The van der Waals surface area contributed by atoms with Crippen molar-refractivity contribution >= 4 is 6.08 Å². The third kappa shape index (κ3) is 9.38. The molecule has 0 aliphatic carbocycles. The van der Waals surface area contributed by atoms with Crippen molar-refractivity contribution in [1.82, 2.24) is 0 Å². The number of hydrogen-bond acceptors (Lipinski definition) is 1. The molecule has 3 heteroatoms. The van der Waals surface area contributed by atoms with Crippen molar-refractivity contribution in [2.45, 2.75) is 6.92 Å². The van der Waals surface area contributed by atoms with Crippen LogP contribution in [-0.2, 0) is 4.79 Å². The van der Waals surface area contributed by atoms with Crippen molar-refractivity contribution < 1.29 is 22.2 Å². The number of carbonyl (C=O) groups excluding carboxylic acids is 1. The lowest BCUT2D eigenvalue weighted by Gasteiger charge is -1.50. The Kier molecular flexibility index (Phi) is 13.5. The zero-order valence-corrected chi connectivity index (χ0v) is 4.25. The van der Waals surface area contributed by atoms with Crippen molar-refractivity contribution in [3.63, 3.8) is 0 Å². The molecular formula is C3H6ClNO. The number of nitrogens with one attached hydrogen (secondary N) is 1. The third-order valence-corrected chi connectivity index (χ3v) is 0.249. The van der Waals surface area contributed by atoms with E-state index in [1.165, 1.54) is 6.08 Å². The van der Waals surface area contributed by atoms with Crippen molar-refractivity contribution in [1.29, 1.82) is 0 Å². The van der Waals surface area contributed by atoms with Gasteiger partial charge in [-0.15, -0.1) is 0 Å². The summed E-state index contributed by atoms with van der Waals surface area (Å²) >= 11 is 0. The maximum absolute atomic E-state index is 9.17. The average molecular weight is 108 g/mol. The summed E-state index contributed by atoms with van der Waals surface area (Å²) in [6, 6.07) is 0. The highest BCUT2D eigenvalue weighted by atomic mass is 35.5. The van der Waals surface area contributed by atoms with Crippen LogP contribution < -0.4 is 17.4 Å². The van der Waals surface area contributed by atoms with Crippen molar-refractivity contribution in [3.8, 4) is 0 Å². The van der Waals surface area contributed by atoms with Crippen molar-refractivity contribution in [3.05, 3.63) is 0 Å². The van der Waals surface area contributed by atoms with Crippen LogP contribution in [0.4, 0.5) is 0 Å². The minimum Gasteiger partial charge on any atom is -1.00 e. The monoisotopic (exact) mass is 107 g/mol. The predicted octanol–water partition coefficient (Wildman–Crippen LogP) is -4.57. The van der Waals surface area contributed by atoms with E-state index in [4.69, 9.17) is 4.79 Å². The molecule has 0 atom stereocenters. The Balaban J connectivity index is 0.